The summed E-state index contributed by atoms with van der Waals surface area (Å²) in [5.74, 6) is -0.621. The topological polar surface area (TPSA) is 69.6 Å². The summed E-state index contributed by atoms with van der Waals surface area (Å²) in [6.07, 6.45) is -4.52. The molecule has 1 aliphatic carbocycles. The minimum absolute atomic E-state index is 0.126. The van der Waals surface area contributed by atoms with Gasteiger partial charge in [-0.2, -0.15) is 13.2 Å². The Morgan fingerprint density at radius 1 is 1.14 bits per heavy atom. The zero-order valence-corrected chi connectivity index (χ0v) is 11.5. The first-order valence-corrected chi connectivity index (χ1v) is 7.10. The largest absolute Gasteiger partial charge is 0.416 e. The number of nitrogens with zero attached hydrogens (tertiary/aromatic N) is 1. The first kappa shape index (κ1) is 16.1. The quantitative estimate of drug-likeness (QED) is 0.802. The van der Waals surface area contributed by atoms with Crippen molar-refractivity contribution in [2.75, 3.05) is 19.6 Å². The summed E-state index contributed by atoms with van der Waals surface area (Å²) in [6, 6.07) is 0. The lowest BCUT2D eigenvalue weighted by Crippen LogP contribution is -2.46. The molecule has 1 saturated heterocycles. The Hall–Kier alpha value is -1.31. The van der Waals surface area contributed by atoms with Gasteiger partial charge in [-0.25, -0.2) is 0 Å². The third kappa shape index (κ3) is 4.33. The Morgan fingerprint density at radius 3 is 2.19 bits per heavy atom. The zero-order chi connectivity index (χ0) is 15.6. The predicted molar refractivity (Wildman–Crippen MR) is 67.1 cm³/mol. The van der Waals surface area contributed by atoms with Crippen molar-refractivity contribution in [1.29, 1.82) is 0 Å². The van der Waals surface area contributed by atoms with Crippen LogP contribution in [0.25, 0.3) is 0 Å². The monoisotopic (exact) mass is 308 g/mol. The van der Waals surface area contributed by atoms with Crippen LogP contribution in [0.1, 0.15) is 25.7 Å². The normalized spacial score (nSPS) is 22.0. The summed E-state index contributed by atoms with van der Waals surface area (Å²) in [5.41, 5.74) is 0. The number of rotatable bonds is 4. The smallest absolute Gasteiger partial charge is 0.382 e. The van der Waals surface area contributed by atoms with Crippen molar-refractivity contribution in [1.82, 2.24) is 10.2 Å². The van der Waals surface area contributed by atoms with Crippen LogP contribution in [0.4, 0.5) is 13.2 Å². The maximum absolute atomic E-state index is 12.1. The number of nitrogens with one attached hydrogen (secondary N) is 1. The highest BCUT2D eigenvalue weighted by Crippen LogP contribution is 2.32. The number of carbonyl (C=O) groups is 2. The second kappa shape index (κ2) is 6.21. The van der Waals surface area contributed by atoms with E-state index in [0.29, 0.717) is 25.9 Å². The van der Waals surface area contributed by atoms with Gasteiger partial charge in [0.1, 0.15) is 0 Å². The van der Waals surface area contributed by atoms with Gasteiger partial charge in [-0.05, 0) is 25.7 Å². The average molecular weight is 308 g/mol. The van der Waals surface area contributed by atoms with Crippen molar-refractivity contribution in [3.05, 3.63) is 0 Å². The first-order chi connectivity index (χ1) is 9.79. The molecule has 1 saturated carbocycles. The van der Waals surface area contributed by atoms with Gasteiger partial charge in [-0.1, -0.05) is 0 Å². The van der Waals surface area contributed by atoms with E-state index in [-0.39, 0.29) is 11.8 Å². The summed E-state index contributed by atoms with van der Waals surface area (Å²) >= 11 is 0. The molecule has 0 aromatic rings. The fourth-order valence-electron chi connectivity index (χ4n) is 2.41. The van der Waals surface area contributed by atoms with Crippen molar-refractivity contribution in [2.45, 2.75) is 38.0 Å². The molecule has 2 amide bonds. The van der Waals surface area contributed by atoms with E-state index in [1.807, 2.05) is 0 Å². The summed E-state index contributed by atoms with van der Waals surface area (Å²) in [5, 5.41) is 10.9. The van der Waals surface area contributed by atoms with Crippen LogP contribution in [-0.2, 0) is 9.59 Å². The molecule has 2 aliphatic rings. The van der Waals surface area contributed by atoms with Crippen LogP contribution in [0.2, 0.25) is 0 Å². The molecule has 0 bridgehead atoms. The maximum atomic E-state index is 12.1. The van der Waals surface area contributed by atoms with E-state index in [0.717, 1.165) is 12.8 Å². The number of piperidine rings is 1. The lowest BCUT2D eigenvalue weighted by atomic mass is 9.95. The molecule has 0 aromatic carbocycles. The van der Waals surface area contributed by atoms with Crippen molar-refractivity contribution < 1.29 is 27.9 Å². The third-order valence-electron chi connectivity index (χ3n) is 3.95. The van der Waals surface area contributed by atoms with Crippen molar-refractivity contribution in [2.24, 2.45) is 11.8 Å². The zero-order valence-electron chi connectivity index (χ0n) is 11.5. The highest BCUT2D eigenvalue weighted by Gasteiger charge is 2.39. The van der Waals surface area contributed by atoms with Gasteiger partial charge in [-0.3, -0.25) is 9.59 Å². The maximum Gasteiger partial charge on any atom is 0.416 e. The van der Waals surface area contributed by atoms with Gasteiger partial charge >= 0.3 is 6.18 Å². The highest BCUT2D eigenvalue weighted by molar-refractivity contribution is 5.82. The van der Waals surface area contributed by atoms with E-state index >= 15 is 0 Å². The van der Waals surface area contributed by atoms with Crippen LogP contribution in [0.3, 0.4) is 0 Å². The fourth-order valence-corrected chi connectivity index (χ4v) is 2.41. The van der Waals surface area contributed by atoms with Crippen LogP contribution in [0.5, 0.6) is 0 Å². The second-order valence-corrected chi connectivity index (χ2v) is 5.68. The fraction of sp³-hybridized carbons (Fsp3) is 0.846. The van der Waals surface area contributed by atoms with Crippen molar-refractivity contribution in [3.8, 4) is 0 Å². The van der Waals surface area contributed by atoms with Crippen LogP contribution in [-0.4, -0.2) is 53.7 Å². The van der Waals surface area contributed by atoms with Gasteiger partial charge < -0.3 is 15.3 Å². The number of alkyl halides is 3. The molecule has 0 spiro atoms. The minimum atomic E-state index is -4.73. The number of hydrogen-bond acceptors (Lipinski definition) is 3. The van der Waals surface area contributed by atoms with E-state index in [4.69, 9.17) is 5.11 Å². The number of amides is 2. The standard InChI is InChI=1S/C13H19F3N2O3/c14-13(15,16)10(19)7-17-11(20)8-3-5-18(6-4-8)12(21)9-1-2-9/h8-10,19H,1-7H2,(H,17,20). The van der Waals surface area contributed by atoms with Crippen molar-refractivity contribution in [3.63, 3.8) is 0 Å². The van der Waals surface area contributed by atoms with Crippen LogP contribution in [0.15, 0.2) is 0 Å². The van der Waals surface area contributed by atoms with Gasteiger partial charge in [0.2, 0.25) is 11.8 Å². The third-order valence-corrected chi connectivity index (χ3v) is 3.95. The number of carbonyl (C=O) groups excluding carboxylic acids is 2. The molecule has 8 heteroatoms. The molecule has 21 heavy (non-hydrogen) atoms. The molecule has 5 nitrogen and oxygen atoms in total. The SMILES string of the molecule is O=C(NCC(O)C(F)(F)F)C1CCN(C(=O)C2CC2)CC1. The number of likely N-dealkylation sites (tertiary alicyclic amines) is 1. The molecule has 0 aromatic heterocycles. The highest BCUT2D eigenvalue weighted by atomic mass is 19.4. The number of aliphatic hydroxyl groups excluding tert-OH is 1. The van der Waals surface area contributed by atoms with Crippen LogP contribution in [0, 0.1) is 11.8 Å². The Kier molecular flexibility index (Phi) is 4.75. The van der Waals surface area contributed by atoms with Gasteiger partial charge in [0.05, 0.1) is 6.54 Å². The molecule has 1 heterocycles. The lowest BCUT2D eigenvalue weighted by Gasteiger charge is -2.31. The molecule has 1 unspecified atom stereocenters. The Bertz CT molecular complexity index is 402. The lowest BCUT2D eigenvalue weighted by molar-refractivity contribution is -0.202. The Labute approximate surface area is 120 Å². The van der Waals surface area contributed by atoms with E-state index in [1.54, 1.807) is 4.90 Å². The molecule has 2 fully saturated rings. The summed E-state index contributed by atoms with van der Waals surface area (Å²) in [6.45, 7) is 0.105. The van der Waals surface area contributed by atoms with Gasteiger partial charge in [0, 0.05) is 24.9 Å². The molecule has 1 atom stereocenters. The van der Waals surface area contributed by atoms with E-state index in [1.165, 1.54) is 0 Å². The summed E-state index contributed by atoms with van der Waals surface area (Å²) in [4.78, 5) is 25.3. The van der Waals surface area contributed by atoms with Crippen LogP contribution < -0.4 is 5.32 Å². The van der Waals surface area contributed by atoms with Gasteiger partial charge in [0.25, 0.3) is 0 Å². The molecular weight excluding hydrogens is 289 g/mol. The molecule has 2 rings (SSSR count). The van der Waals surface area contributed by atoms with E-state index in [2.05, 4.69) is 5.32 Å². The molecular formula is C13H19F3N2O3. The predicted octanol–water partition coefficient (Wildman–Crippen LogP) is 0.674. The number of hydrogen-bond donors (Lipinski definition) is 2. The average Bonchev–Trinajstić information content (AvgIpc) is 3.27. The molecule has 120 valence electrons. The van der Waals surface area contributed by atoms with Crippen molar-refractivity contribution >= 4 is 11.8 Å². The number of halogens is 3. The molecule has 1 aliphatic heterocycles. The van der Waals surface area contributed by atoms with E-state index < -0.39 is 30.7 Å². The first-order valence-electron chi connectivity index (χ1n) is 7.10. The van der Waals surface area contributed by atoms with Gasteiger partial charge in [0.15, 0.2) is 6.10 Å². The minimum Gasteiger partial charge on any atom is -0.382 e. The van der Waals surface area contributed by atoms with E-state index in [9.17, 15) is 22.8 Å². The Balaban J connectivity index is 1.71. The van der Waals surface area contributed by atoms with Gasteiger partial charge in [-0.15, -0.1) is 0 Å². The molecule has 0 radical (unpaired) electrons. The van der Waals surface area contributed by atoms with Crippen LogP contribution >= 0.6 is 0 Å². The molecule has 2 N–H and O–H groups in total. The summed E-state index contributed by atoms with van der Waals surface area (Å²) in [7, 11) is 0. The Morgan fingerprint density at radius 2 is 1.71 bits per heavy atom. The summed E-state index contributed by atoms with van der Waals surface area (Å²) < 4.78 is 36.4. The second-order valence-electron chi connectivity index (χ2n) is 5.68. The number of aliphatic hydroxyl groups is 1.